The average Bonchev–Trinajstić information content (AvgIpc) is 1.21. The first kappa shape index (κ1) is 13.0. The Morgan fingerprint density at radius 3 is 1.78 bits per heavy atom. The van der Waals surface area contributed by atoms with Crippen LogP contribution in [0, 0.1) is 0 Å². The largest absolute Gasteiger partial charge is 1.00 e. The molecule has 0 rings (SSSR count). The summed E-state index contributed by atoms with van der Waals surface area (Å²) in [6.07, 6.45) is -0.572. The molecule has 0 amide bonds. The van der Waals surface area contributed by atoms with E-state index in [0.29, 0.717) is 0 Å². The average molecular weight is 199 g/mol. The van der Waals surface area contributed by atoms with Gasteiger partial charge in [0.2, 0.25) is 0 Å². The minimum Gasteiger partial charge on any atom is -0.550 e. The van der Waals surface area contributed by atoms with E-state index in [-0.39, 0.29) is 29.6 Å². The Labute approximate surface area is 89.7 Å². The zero-order chi connectivity index (χ0) is 6.78. The van der Waals surface area contributed by atoms with Crippen molar-refractivity contribution in [2.24, 2.45) is 0 Å². The van der Waals surface area contributed by atoms with Crippen LogP contribution in [0.15, 0.2) is 0 Å². The van der Waals surface area contributed by atoms with Crippen molar-refractivity contribution in [1.82, 2.24) is 0 Å². The molecule has 0 saturated carbocycles. The van der Waals surface area contributed by atoms with Crippen LogP contribution in [0.5, 0.6) is 0 Å². The van der Waals surface area contributed by atoms with Crippen LogP contribution in [0.4, 0.5) is 0 Å². The molecule has 0 radical (unpaired) electrons. The number of alkyl halides is 3. The molecule has 0 unspecified atom stereocenters. The second-order valence-electron chi connectivity index (χ2n) is 1.16. The van der Waals surface area contributed by atoms with Gasteiger partial charge in [0.1, 0.15) is 0 Å². The smallest absolute Gasteiger partial charge is 0.550 e. The van der Waals surface area contributed by atoms with E-state index < -0.39 is 16.2 Å². The molecular weight excluding hydrogens is 197 g/mol. The molecule has 0 bridgehead atoms. The summed E-state index contributed by atoms with van der Waals surface area (Å²) in [5.41, 5.74) is 0. The maximum atomic E-state index is 9.65. The van der Waals surface area contributed by atoms with Crippen LogP contribution in [0.3, 0.4) is 0 Å². The van der Waals surface area contributed by atoms with Gasteiger partial charge in [0, 0.05) is 12.4 Å². The number of hydrogen-bond donors (Lipinski definition) is 0. The van der Waals surface area contributed by atoms with Crippen molar-refractivity contribution in [2.75, 3.05) is 0 Å². The summed E-state index contributed by atoms with van der Waals surface area (Å²) in [6, 6.07) is 0. The Kier molecular flexibility index (Phi) is 7.28. The summed E-state index contributed by atoms with van der Waals surface area (Å²) < 4.78 is -1.72. The topological polar surface area (TPSA) is 40.1 Å². The molecule has 0 aliphatic rings. The molecule has 0 aliphatic heterocycles. The Morgan fingerprint density at radius 1 is 1.44 bits per heavy atom. The monoisotopic (exact) mass is 198 g/mol. The van der Waals surface area contributed by atoms with E-state index in [1.54, 1.807) is 0 Å². The molecule has 0 aromatic carbocycles. The van der Waals surface area contributed by atoms with Crippen molar-refractivity contribution >= 4 is 40.8 Å². The van der Waals surface area contributed by atoms with Crippen molar-refractivity contribution in [3.8, 4) is 0 Å². The fourth-order valence-electron chi connectivity index (χ4n) is 0.164. The standard InChI is InChI=1S/C3H3Cl3O2.Na/c4-3(5,6)1-2(7)8;/h1H2,(H,7,8);/q;+1/p-1. The minimum atomic E-state index is -1.72. The van der Waals surface area contributed by atoms with Crippen LogP contribution >= 0.6 is 34.8 Å². The fraction of sp³-hybridized carbons (Fsp3) is 0.667. The zero-order valence-corrected chi connectivity index (χ0v) is 8.93. The molecule has 0 N–H and O–H groups in total. The predicted molar refractivity (Wildman–Crippen MR) is 29.9 cm³/mol. The second kappa shape index (κ2) is 5.05. The maximum Gasteiger partial charge on any atom is 1.00 e. The van der Waals surface area contributed by atoms with Crippen LogP contribution < -0.4 is 34.7 Å². The summed E-state index contributed by atoms with van der Waals surface area (Å²) in [6.45, 7) is 0. The molecule has 0 spiro atoms. The Hall–Kier alpha value is 1.34. The molecule has 2 nitrogen and oxygen atoms in total. The van der Waals surface area contributed by atoms with Gasteiger partial charge in [0.05, 0.1) is 0 Å². The molecule has 0 aromatic rings. The first-order chi connectivity index (χ1) is 3.42. The van der Waals surface area contributed by atoms with E-state index >= 15 is 0 Å². The van der Waals surface area contributed by atoms with E-state index in [9.17, 15) is 9.90 Å². The number of rotatable bonds is 1. The maximum absolute atomic E-state index is 9.65. The normalized spacial score (nSPS) is 10.1. The molecule has 0 aliphatic carbocycles. The molecule has 0 heterocycles. The van der Waals surface area contributed by atoms with Gasteiger partial charge in [-0.15, -0.1) is 0 Å². The molecule has 0 saturated heterocycles. The molecule has 0 atom stereocenters. The van der Waals surface area contributed by atoms with Gasteiger partial charge >= 0.3 is 29.6 Å². The number of carboxylic acids is 1. The Balaban J connectivity index is 0. The van der Waals surface area contributed by atoms with Gasteiger partial charge in [-0.1, -0.05) is 34.8 Å². The van der Waals surface area contributed by atoms with Gasteiger partial charge in [-0.3, -0.25) is 0 Å². The molecule has 0 fully saturated rings. The van der Waals surface area contributed by atoms with Crippen LogP contribution in [0.2, 0.25) is 0 Å². The van der Waals surface area contributed by atoms with Crippen molar-refractivity contribution in [3.05, 3.63) is 0 Å². The van der Waals surface area contributed by atoms with Gasteiger partial charge < -0.3 is 9.90 Å². The predicted octanol–water partition coefficient (Wildman–Crippen LogP) is -2.50. The van der Waals surface area contributed by atoms with Gasteiger partial charge in [0.25, 0.3) is 0 Å². The number of aliphatic carboxylic acids is 1. The first-order valence-electron chi connectivity index (χ1n) is 1.68. The van der Waals surface area contributed by atoms with E-state index in [2.05, 4.69) is 0 Å². The summed E-state index contributed by atoms with van der Waals surface area (Å²) >= 11 is 15.1. The fourth-order valence-corrected chi connectivity index (χ4v) is 0.491. The SMILES string of the molecule is O=C([O-])CC(Cl)(Cl)Cl.[Na+]. The second-order valence-corrected chi connectivity index (χ2v) is 3.68. The van der Waals surface area contributed by atoms with Crippen LogP contribution in [-0.4, -0.2) is 9.76 Å². The summed E-state index contributed by atoms with van der Waals surface area (Å²) in [5, 5.41) is 9.65. The van der Waals surface area contributed by atoms with Crippen molar-refractivity contribution in [2.45, 2.75) is 10.2 Å². The number of carbonyl (C=O) groups excluding carboxylic acids is 1. The summed E-state index contributed by atoms with van der Waals surface area (Å²) in [5.74, 6) is -1.37. The van der Waals surface area contributed by atoms with Crippen molar-refractivity contribution < 1.29 is 39.5 Å². The molecule has 48 valence electrons. The quantitative estimate of drug-likeness (QED) is 0.346. The molecular formula is C3H2Cl3NaO2. The van der Waals surface area contributed by atoms with Gasteiger partial charge in [-0.25, -0.2) is 0 Å². The Morgan fingerprint density at radius 2 is 1.78 bits per heavy atom. The van der Waals surface area contributed by atoms with Gasteiger partial charge in [-0.05, 0) is 0 Å². The summed E-state index contributed by atoms with van der Waals surface area (Å²) in [4.78, 5) is 9.65. The van der Waals surface area contributed by atoms with Crippen molar-refractivity contribution in [1.29, 1.82) is 0 Å². The minimum absolute atomic E-state index is 0. The van der Waals surface area contributed by atoms with E-state index in [4.69, 9.17) is 34.8 Å². The van der Waals surface area contributed by atoms with Crippen LogP contribution in [-0.2, 0) is 4.79 Å². The molecule has 0 aromatic heterocycles. The van der Waals surface area contributed by atoms with E-state index in [1.807, 2.05) is 0 Å². The van der Waals surface area contributed by atoms with Crippen LogP contribution in [0.25, 0.3) is 0 Å². The van der Waals surface area contributed by atoms with Crippen molar-refractivity contribution in [3.63, 3.8) is 0 Å². The summed E-state index contributed by atoms with van der Waals surface area (Å²) in [7, 11) is 0. The number of carboxylic acid groups (broad SMARTS) is 1. The zero-order valence-electron chi connectivity index (χ0n) is 4.66. The molecule has 9 heavy (non-hydrogen) atoms. The third kappa shape index (κ3) is 12.5. The van der Waals surface area contributed by atoms with Gasteiger partial charge in [-0.2, -0.15) is 0 Å². The number of carbonyl (C=O) groups is 1. The van der Waals surface area contributed by atoms with Gasteiger partial charge in [0.15, 0.2) is 3.79 Å². The van der Waals surface area contributed by atoms with E-state index in [0.717, 1.165) is 0 Å². The third-order valence-corrected chi connectivity index (χ3v) is 0.746. The Bertz CT molecular complexity index is 99.7. The van der Waals surface area contributed by atoms with Crippen LogP contribution in [0.1, 0.15) is 6.42 Å². The van der Waals surface area contributed by atoms with E-state index in [1.165, 1.54) is 0 Å². The third-order valence-electron chi connectivity index (χ3n) is 0.345. The number of halogens is 3. The first-order valence-corrected chi connectivity index (χ1v) is 2.82. The molecule has 6 heteroatoms. The number of hydrogen-bond acceptors (Lipinski definition) is 2.